The maximum atomic E-state index is 11.7. The van der Waals surface area contributed by atoms with Crippen LogP contribution < -0.4 is 10.5 Å². The van der Waals surface area contributed by atoms with Gasteiger partial charge in [0.15, 0.2) is 9.84 Å². The summed E-state index contributed by atoms with van der Waals surface area (Å²) in [6.07, 6.45) is 4.80. The van der Waals surface area contributed by atoms with Crippen molar-refractivity contribution in [1.82, 2.24) is 9.97 Å². The fourth-order valence-corrected chi connectivity index (χ4v) is 3.50. The lowest BCUT2D eigenvalue weighted by Crippen LogP contribution is -2.40. The molecule has 3 heterocycles. The molecule has 19 heavy (non-hydrogen) atoms. The van der Waals surface area contributed by atoms with Crippen molar-refractivity contribution >= 4 is 26.3 Å². The van der Waals surface area contributed by atoms with Gasteiger partial charge in [-0.3, -0.25) is 9.78 Å². The number of nitrogens with zero attached hydrogens (tertiary/aromatic N) is 2. The van der Waals surface area contributed by atoms with Gasteiger partial charge in [-0.2, -0.15) is 0 Å². The molecule has 1 N–H and O–H groups in total. The van der Waals surface area contributed by atoms with E-state index in [9.17, 15) is 13.2 Å². The van der Waals surface area contributed by atoms with Crippen LogP contribution in [-0.4, -0.2) is 43.0 Å². The first kappa shape index (κ1) is 12.2. The van der Waals surface area contributed by atoms with Crippen LogP contribution in [0.3, 0.4) is 0 Å². The Hall–Kier alpha value is -1.89. The van der Waals surface area contributed by atoms with Gasteiger partial charge in [-0.05, 0) is 6.07 Å². The highest BCUT2D eigenvalue weighted by Gasteiger charge is 2.23. The second-order valence-electron chi connectivity index (χ2n) is 4.57. The largest absolute Gasteiger partial charge is 0.368 e. The number of rotatable bonds is 1. The van der Waals surface area contributed by atoms with Crippen LogP contribution in [-0.2, 0) is 9.84 Å². The van der Waals surface area contributed by atoms with Gasteiger partial charge in [-0.1, -0.05) is 0 Å². The molecule has 1 fully saturated rings. The summed E-state index contributed by atoms with van der Waals surface area (Å²) in [4.78, 5) is 20.4. The number of fused-ring (bicyclic) bond motifs is 1. The number of pyridine rings is 2. The van der Waals surface area contributed by atoms with Gasteiger partial charge in [0.05, 0.1) is 28.8 Å². The van der Waals surface area contributed by atoms with Crippen molar-refractivity contribution in [1.29, 1.82) is 0 Å². The molecular formula is C12H13N3O3S. The molecule has 0 spiro atoms. The maximum absolute atomic E-state index is 11.7. The van der Waals surface area contributed by atoms with E-state index in [1.165, 1.54) is 6.20 Å². The van der Waals surface area contributed by atoms with E-state index >= 15 is 0 Å². The Morgan fingerprint density at radius 1 is 1.16 bits per heavy atom. The molecule has 0 saturated carbocycles. The van der Waals surface area contributed by atoms with Crippen LogP contribution in [0, 0.1) is 0 Å². The van der Waals surface area contributed by atoms with Crippen LogP contribution in [0.15, 0.2) is 29.5 Å². The summed E-state index contributed by atoms with van der Waals surface area (Å²) in [5.41, 5.74) is 0.634. The molecule has 3 rings (SSSR count). The van der Waals surface area contributed by atoms with E-state index in [-0.39, 0.29) is 17.1 Å². The summed E-state index contributed by atoms with van der Waals surface area (Å²) >= 11 is 0. The van der Waals surface area contributed by atoms with Gasteiger partial charge >= 0.3 is 0 Å². The van der Waals surface area contributed by atoms with Gasteiger partial charge in [0, 0.05) is 30.9 Å². The molecule has 1 aliphatic rings. The molecule has 0 aliphatic carbocycles. The Balaban J connectivity index is 2.07. The third kappa shape index (κ3) is 2.21. The smallest absolute Gasteiger partial charge is 0.257 e. The van der Waals surface area contributed by atoms with Gasteiger partial charge in [-0.15, -0.1) is 0 Å². The fraction of sp³-hybridized carbons (Fsp3) is 0.333. The normalized spacial score (nSPS) is 18.6. The summed E-state index contributed by atoms with van der Waals surface area (Å²) < 4.78 is 22.9. The van der Waals surface area contributed by atoms with Gasteiger partial charge in [-0.25, -0.2) is 8.42 Å². The number of anilines is 1. The quantitative estimate of drug-likeness (QED) is 0.804. The average Bonchev–Trinajstić information content (AvgIpc) is 2.39. The molecule has 2 aromatic rings. The second-order valence-corrected chi connectivity index (χ2v) is 6.87. The number of hydrogen-bond donors (Lipinski definition) is 1. The Kier molecular flexibility index (Phi) is 2.78. The van der Waals surface area contributed by atoms with Gasteiger partial charge in [0.2, 0.25) is 0 Å². The summed E-state index contributed by atoms with van der Waals surface area (Å²) in [6.45, 7) is 0.881. The Labute approximate surface area is 110 Å². The summed E-state index contributed by atoms with van der Waals surface area (Å²) in [5, 5.41) is 1.33. The molecule has 2 aromatic heterocycles. The van der Waals surface area contributed by atoms with E-state index in [1.807, 2.05) is 11.0 Å². The Bertz CT molecular complexity index is 768. The van der Waals surface area contributed by atoms with Crippen LogP contribution in [0.5, 0.6) is 0 Å². The second kappa shape index (κ2) is 4.34. The van der Waals surface area contributed by atoms with E-state index in [0.29, 0.717) is 18.5 Å². The maximum Gasteiger partial charge on any atom is 0.257 e. The molecule has 100 valence electrons. The molecule has 0 bridgehead atoms. The van der Waals surface area contributed by atoms with Crippen molar-refractivity contribution in [2.75, 3.05) is 29.5 Å². The van der Waals surface area contributed by atoms with Crippen molar-refractivity contribution in [2.24, 2.45) is 0 Å². The highest BCUT2D eigenvalue weighted by atomic mass is 32.2. The highest BCUT2D eigenvalue weighted by molar-refractivity contribution is 7.91. The molecule has 0 unspecified atom stereocenters. The van der Waals surface area contributed by atoms with Crippen molar-refractivity contribution in [2.45, 2.75) is 0 Å². The minimum Gasteiger partial charge on any atom is -0.368 e. The molecule has 1 saturated heterocycles. The van der Waals surface area contributed by atoms with E-state index in [2.05, 4.69) is 9.97 Å². The van der Waals surface area contributed by atoms with E-state index < -0.39 is 9.84 Å². The predicted octanol–water partition coefficient (Wildman–Crippen LogP) is 0.158. The highest BCUT2D eigenvalue weighted by Crippen LogP contribution is 2.24. The van der Waals surface area contributed by atoms with Gasteiger partial charge in [0.25, 0.3) is 5.56 Å². The molecular weight excluding hydrogens is 266 g/mol. The average molecular weight is 279 g/mol. The lowest BCUT2D eigenvalue weighted by atomic mass is 10.2. The molecule has 6 nitrogen and oxygen atoms in total. The number of aromatic nitrogens is 2. The van der Waals surface area contributed by atoms with Crippen LogP contribution in [0.1, 0.15) is 0 Å². The zero-order chi connectivity index (χ0) is 13.5. The lowest BCUT2D eigenvalue weighted by Gasteiger charge is -2.29. The van der Waals surface area contributed by atoms with Gasteiger partial charge in [0.1, 0.15) is 0 Å². The summed E-state index contributed by atoms with van der Waals surface area (Å²) in [5.74, 6) is 0.291. The minimum absolute atomic E-state index is 0.145. The van der Waals surface area contributed by atoms with Crippen LogP contribution in [0.2, 0.25) is 0 Å². The van der Waals surface area contributed by atoms with Crippen LogP contribution in [0.4, 0.5) is 5.69 Å². The van der Waals surface area contributed by atoms with Crippen molar-refractivity contribution in [3.8, 4) is 0 Å². The summed E-state index contributed by atoms with van der Waals surface area (Å²) in [7, 11) is -2.92. The zero-order valence-corrected chi connectivity index (χ0v) is 11.0. The molecule has 1 aliphatic heterocycles. The van der Waals surface area contributed by atoms with Crippen molar-refractivity contribution in [3.63, 3.8) is 0 Å². The van der Waals surface area contributed by atoms with E-state index in [4.69, 9.17) is 0 Å². The van der Waals surface area contributed by atoms with Crippen LogP contribution in [0.25, 0.3) is 10.8 Å². The van der Waals surface area contributed by atoms with Gasteiger partial charge < -0.3 is 9.88 Å². The number of H-pyrrole nitrogens is 1. The van der Waals surface area contributed by atoms with Crippen molar-refractivity contribution < 1.29 is 8.42 Å². The molecule has 0 atom stereocenters. The van der Waals surface area contributed by atoms with Crippen LogP contribution >= 0.6 is 0 Å². The summed E-state index contributed by atoms with van der Waals surface area (Å²) in [6, 6.07) is 1.82. The first-order chi connectivity index (χ1) is 9.07. The van der Waals surface area contributed by atoms with Crippen molar-refractivity contribution in [3.05, 3.63) is 35.0 Å². The predicted molar refractivity (Wildman–Crippen MR) is 73.2 cm³/mol. The third-order valence-corrected chi connectivity index (χ3v) is 4.97. The lowest BCUT2D eigenvalue weighted by molar-refractivity contribution is 0.587. The minimum atomic E-state index is -2.92. The monoisotopic (exact) mass is 279 g/mol. The number of sulfone groups is 1. The molecule has 7 heteroatoms. The number of hydrogen-bond acceptors (Lipinski definition) is 5. The Morgan fingerprint density at radius 2 is 1.89 bits per heavy atom. The van der Waals surface area contributed by atoms with E-state index in [1.54, 1.807) is 12.4 Å². The Morgan fingerprint density at radius 3 is 2.63 bits per heavy atom. The number of aromatic amines is 1. The SMILES string of the molecule is O=c1[nH]ccc2c(N3CCS(=O)(=O)CC3)cncc12. The standard InChI is InChI=1S/C12H13N3O3S/c16-12-10-7-13-8-11(9(10)1-2-14-12)15-3-5-19(17,18)6-4-15/h1-2,7-8H,3-6H2,(H,14,16). The van der Waals surface area contributed by atoms with E-state index in [0.717, 1.165) is 11.1 Å². The zero-order valence-electron chi connectivity index (χ0n) is 10.2. The number of nitrogens with one attached hydrogen (secondary N) is 1. The third-order valence-electron chi connectivity index (χ3n) is 3.36. The first-order valence-corrected chi connectivity index (χ1v) is 7.80. The fourth-order valence-electron chi connectivity index (χ4n) is 2.30. The molecule has 0 aromatic carbocycles. The first-order valence-electron chi connectivity index (χ1n) is 5.98. The topological polar surface area (TPSA) is 83.1 Å². The molecule has 0 amide bonds. The molecule has 0 radical (unpaired) electrons.